The van der Waals surface area contributed by atoms with Crippen LogP contribution in [0.5, 0.6) is 0 Å². The molecule has 0 radical (unpaired) electrons. The van der Waals surface area contributed by atoms with Gasteiger partial charge in [-0.15, -0.1) is 0 Å². The van der Waals surface area contributed by atoms with Crippen LogP contribution < -0.4 is 16.6 Å². The van der Waals surface area contributed by atoms with Crippen LogP contribution in [0, 0.1) is 5.92 Å². The average molecular weight is 224 g/mol. The van der Waals surface area contributed by atoms with Crippen LogP contribution in [-0.4, -0.2) is 29.7 Å². The van der Waals surface area contributed by atoms with E-state index in [9.17, 15) is 4.79 Å². The van der Waals surface area contributed by atoms with Gasteiger partial charge in [0.15, 0.2) is 5.82 Å². The van der Waals surface area contributed by atoms with E-state index in [2.05, 4.69) is 15.3 Å². The van der Waals surface area contributed by atoms with Crippen LogP contribution in [-0.2, 0) is 4.74 Å². The smallest absolute Gasteiger partial charge is 0.276 e. The lowest BCUT2D eigenvalue weighted by Crippen LogP contribution is -2.18. The third kappa shape index (κ3) is 2.96. The number of aromatic nitrogens is 2. The van der Waals surface area contributed by atoms with Crippen LogP contribution >= 0.6 is 0 Å². The van der Waals surface area contributed by atoms with E-state index < -0.39 is 0 Å². The number of aromatic amines is 1. The molecule has 6 heteroatoms. The van der Waals surface area contributed by atoms with Crippen molar-refractivity contribution in [2.75, 3.05) is 30.8 Å². The second-order valence-electron chi connectivity index (χ2n) is 3.94. The molecular weight excluding hydrogens is 208 g/mol. The van der Waals surface area contributed by atoms with Crippen molar-refractivity contribution in [2.45, 2.75) is 12.8 Å². The minimum Gasteiger partial charge on any atom is -0.391 e. The van der Waals surface area contributed by atoms with E-state index in [4.69, 9.17) is 10.5 Å². The molecule has 0 atom stereocenters. The highest BCUT2D eigenvalue weighted by molar-refractivity contribution is 5.58. The zero-order valence-electron chi connectivity index (χ0n) is 9.03. The number of anilines is 2. The highest BCUT2D eigenvalue weighted by Gasteiger charge is 2.20. The predicted octanol–water partition coefficient (Wildman–Crippen LogP) is 0.191. The molecule has 6 nitrogen and oxygen atoms in total. The molecule has 16 heavy (non-hydrogen) atoms. The fourth-order valence-electron chi connectivity index (χ4n) is 1.33. The van der Waals surface area contributed by atoms with Gasteiger partial charge in [0.1, 0.15) is 5.69 Å². The van der Waals surface area contributed by atoms with Gasteiger partial charge >= 0.3 is 0 Å². The number of hydrogen-bond donors (Lipinski definition) is 3. The zero-order chi connectivity index (χ0) is 11.4. The van der Waals surface area contributed by atoms with E-state index in [0.717, 1.165) is 12.5 Å². The largest absolute Gasteiger partial charge is 0.391 e. The van der Waals surface area contributed by atoms with Crippen molar-refractivity contribution in [1.82, 2.24) is 9.97 Å². The molecule has 0 aromatic carbocycles. The molecule has 4 N–H and O–H groups in total. The Kier molecular flexibility index (Phi) is 3.40. The monoisotopic (exact) mass is 224 g/mol. The molecule has 2 rings (SSSR count). The molecule has 0 aliphatic heterocycles. The van der Waals surface area contributed by atoms with Gasteiger partial charge in [0.25, 0.3) is 5.56 Å². The third-order valence-electron chi connectivity index (χ3n) is 2.48. The maximum Gasteiger partial charge on any atom is 0.276 e. The highest BCUT2D eigenvalue weighted by Crippen LogP contribution is 2.28. The fourth-order valence-corrected chi connectivity index (χ4v) is 1.33. The highest BCUT2D eigenvalue weighted by atomic mass is 16.5. The van der Waals surface area contributed by atoms with Crippen molar-refractivity contribution in [3.63, 3.8) is 0 Å². The van der Waals surface area contributed by atoms with Crippen molar-refractivity contribution >= 4 is 11.5 Å². The Balaban J connectivity index is 1.71. The molecule has 1 aliphatic carbocycles. The molecule has 1 aromatic heterocycles. The number of nitrogens with zero attached hydrogens (tertiary/aromatic N) is 1. The average Bonchev–Trinajstić information content (AvgIpc) is 3.07. The Morgan fingerprint density at radius 2 is 2.44 bits per heavy atom. The number of H-pyrrole nitrogens is 1. The predicted molar refractivity (Wildman–Crippen MR) is 61.3 cm³/mol. The summed E-state index contributed by atoms with van der Waals surface area (Å²) in [6.45, 7) is 2.04. The molecule has 0 unspecified atom stereocenters. The van der Waals surface area contributed by atoms with Crippen LogP contribution in [0.4, 0.5) is 11.5 Å². The first-order valence-electron chi connectivity index (χ1n) is 5.42. The van der Waals surface area contributed by atoms with Crippen LogP contribution in [0.15, 0.2) is 11.1 Å². The van der Waals surface area contributed by atoms with Gasteiger partial charge in [-0.05, 0) is 18.8 Å². The van der Waals surface area contributed by atoms with E-state index in [1.165, 1.54) is 19.2 Å². The molecular formula is C10H16N4O2. The lowest BCUT2D eigenvalue weighted by Gasteiger charge is -2.07. The van der Waals surface area contributed by atoms with Crippen molar-refractivity contribution in [1.29, 1.82) is 0 Å². The van der Waals surface area contributed by atoms with Crippen LogP contribution in [0.25, 0.3) is 0 Å². The molecule has 0 amide bonds. The van der Waals surface area contributed by atoms with Gasteiger partial charge in [0, 0.05) is 13.2 Å². The van der Waals surface area contributed by atoms with Crippen LogP contribution in [0.1, 0.15) is 12.8 Å². The summed E-state index contributed by atoms with van der Waals surface area (Å²) in [5.74, 6) is 1.18. The summed E-state index contributed by atoms with van der Waals surface area (Å²) in [6, 6.07) is 0. The Hall–Kier alpha value is -1.56. The maximum absolute atomic E-state index is 11.1. The Morgan fingerprint density at radius 3 is 3.19 bits per heavy atom. The molecule has 0 bridgehead atoms. The summed E-state index contributed by atoms with van der Waals surface area (Å²) in [5.41, 5.74) is 5.34. The van der Waals surface area contributed by atoms with Crippen molar-refractivity contribution in [3.05, 3.63) is 16.7 Å². The number of hydrogen-bond acceptors (Lipinski definition) is 5. The van der Waals surface area contributed by atoms with Crippen LogP contribution in [0.3, 0.4) is 0 Å². The van der Waals surface area contributed by atoms with E-state index in [1.54, 1.807) is 0 Å². The Labute approximate surface area is 93.2 Å². The summed E-state index contributed by atoms with van der Waals surface area (Å²) in [6.07, 6.45) is 3.90. The summed E-state index contributed by atoms with van der Waals surface area (Å²) in [4.78, 5) is 17.5. The Morgan fingerprint density at radius 1 is 1.62 bits per heavy atom. The quantitative estimate of drug-likeness (QED) is 0.600. The van der Waals surface area contributed by atoms with Gasteiger partial charge in [-0.3, -0.25) is 4.79 Å². The van der Waals surface area contributed by atoms with Crippen molar-refractivity contribution < 1.29 is 4.74 Å². The summed E-state index contributed by atoms with van der Waals surface area (Å²) < 4.78 is 5.43. The van der Waals surface area contributed by atoms with E-state index in [-0.39, 0.29) is 11.2 Å². The Bertz CT molecular complexity index is 400. The number of nitrogens with two attached hydrogens (primary N) is 1. The molecule has 1 fully saturated rings. The molecule has 0 saturated heterocycles. The number of ether oxygens (including phenoxy) is 1. The van der Waals surface area contributed by atoms with Gasteiger partial charge in [-0.25, -0.2) is 4.98 Å². The molecule has 0 spiro atoms. The van der Waals surface area contributed by atoms with Gasteiger partial charge in [-0.1, -0.05) is 0 Å². The minimum atomic E-state index is -0.323. The summed E-state index contributed by atoms with van der Waals surface area (Å²) in [5, 5.41) is 2.97. The SMILES string of the molecule is Nc1c(NCCOCC2CC2)nc[nH]c1=O. The standard InChI is InChI=1S/C10H16N4O2/c11-8-9(13-6-14-10(8)15)12-3-4-16-5-7-1-2-7/h6-7H,1-5,11H2,(H2,12,13,14,15). The van der Waals surface area contributed by atoms with E-state index >= 15 is 0 Å². The van der Waals surface area contributed by atoms with Gasteiger partial charge in [0.05, 0.1) is 12.9 Å². The van der Waals surface area contributed by atoms with Crippen LogP contribution in [0.2, 0.25) is 0 Å². The molecule has 1 aliphatic rings. The first kappa shape index (κ1) is 10.9. The first-order valence-corrected chi connectivity index (χ1v) is 5.42. The molecule has 88 valence electrons. The minimum absolute atomic E-state index is 0.115. The second kappa shape index (κ2) is 4.98. The number of nitrogen functional groups attached to an aromatic ring is 1. The van der Waals surface area contributed by atoms with Gasteiger partial charge < -0.3 is 20.8 Å². The lowest BCUT2D eigenvalue weighted by molar-refractivity contribution is 0.134. The topological polar surface area (TPSA) is 93.0 Å². The summed E-state index contributed by atoms with van der Waals surface area (Å²) in [7, 11) is 0. The third-order valence-corrected chi connectivity index (χ3v) is 2.48. The zero-order valence-corrected chi connectivity index (χ0v) is 9.03. The second-order valence-corrected chi connectivity index (χ2v) is 3.94. The van der Waals surface area contributed by atoms with E-state index in [0.29, 0.717) is 19.0 Å². The lowest BCUT2D eigenvalue weighted by atomic mass is 10.4. The van der Waals surface area contributed by atoms with Crippen molar-refractivity contribution in [2.24, 2.45) is 5.92 Å². The first-order chi connectivity index (χ1) is 7.77. The number of rotatable bonds is 6. The molecule has 1 heterocycles. The van der Waals surface area contributed by atoms with Crippen molar-refractivity contribution in [3.8, 4) is 0 Å². The van der Waals surface area contributed by atoms with Gasteiger partial charge in [-0.2, -0.15) is 0 Å². The molecule has 1 aromatic rings. The fraction of sp³-hybridized carbons (Fsp3) is 0.600. The normalized spacial score (nSPS) is 15.0. The number of nitrogens with one attached hydrogen (secondary N) is 2. The maximum atomic E-state index is 11.1. The molecule has 1 saturated carbocycles. The van der Waals surface area contributed by atoms with Gasteiger partial charge in [0.2, 0.25) is 0 Å². The van der Waals surface area contributed by atoms with E-state index in [1.807, 2.05) is 0 Å². The summed E-state index contributed by atoms with van der Waals surface area (Å²) >= 11 is 0.